The molecule has 94 valence electrons. The Labute approximate surface area is 102 Å². The zero-order chi connectivity index (χ0) is 12.8. The maximum atomic E-state index is 11.4. The van der Waals surface area contributed by atoms with Gasteiger partial charge in [0.15, 0.2) is 6.61 Å². The normalized spacial score (nSPS) is 12.0. The predicted octanol–water partition coefficient (Wildman–Crippen LogP) is 1.18. The van der Waals surface area contributed by atoms with E-state index >= 15 is 0 Å². The average molecular weight is 237 g/mol. The van der Waals surface area contributed by atoms with E-state index < -0.39 is 0 Å². The van der Waals surface area contributed by atoms with Crippen LogP contribution in [0.2, 0.25) is 0 Å². The first kappa shape index (κ1) is 13.5. The molecular weight excluding hydrogens is 218 g/mol. The molecule has 1 atom stereocenters. The Morgan fingerprint density at radius 2 is 2.12 bits per heavy atom. The number of rotatable bonds is 5. The molecule has 1 aromatic rings. The Kier molecular flexibility index (Phi) is 4.97. The van der Waals surface area contributed by atoms with Crippen LogP contribution in [-0.4, -0.2) is 30.3 Å². The number of carbonyl (C=O) groups excluding carboxylic acids is 1. The summed E-state index contributed by atoms with van der Waals surface area (Å²) < 4.78 is 5.36. The van der Waals surface area contributed by atoms with Crippen molar-refractivity contribution < 1.29 is 14.6 Å². The van der Waals surface area contributed by atoms with Gasteiger partial charge in [-0.15, -0.1) is 0 Å². The molecule has 1 rings (SSSR count). The molecule has 4 heteroatoms. The molecule has 0 fully saturated rings. The molecular formula is C13H19NO3. The smallest absolute Gasteiger partial charge is 0.258 e. The molecule has 0 radical (unpaired) electrons. The number of amides is 1. The van der Waals surface area contributed by atoms with Gasteiger partial charge in [-0.3, -0.25) is 4.79 Å². The van der Waals surface area contributed by atoms with E-state index in [1.807, 2.05) is 32.0 Å². The van der Waals surface area contributed by atoms with Gasteiger partial charge in [-0.1, -0.05) is 6.07 Å². The number of ether oxygens (including phenoxy) is 1. The first-order chi connectivity index (χ1) is 8.02. The van der Waals surface area contributed by atoms with Crippen molar-refractivity contribution >= 4 is 5.91 Å². The summed E-state index contributed by atoms with van der Waals surface area (Å²) in [6, 6.07) is 5.45. The highest BCUT2D eigenvalue weighted by Crippen LogP contribution is 2.16. The summed E-state index contributed by atoms with van der Waals surface area (Å²) in [4.78, 5) is 11.4. The van der Waals surface area contributed by atoms with Crippen LogP contribution in [0.25, 0.3) is 0 Å². The fourth-order valence-electron chi connectivity index (χ4n) is 1.31. The molecule has 0 heterocycles. The van der Waals surface area contributed by atoms with Crippen molar-refractivity contribution in [1.29, 1.82) is 0 Å². The summed E-state index contributed by atoms with van der Waals surface area (Å²) >= 11 is 0. The quantitative estimate of drug-likeness (QED) is 0.808. The van der Waals surface area contributed by atoms with E-state index in [9.17, 15) is 4.79 Å². The minimum Gasteiger partial charge on any atom is -0.484 e. The largest absolute Gasteiger partial charge is 0.484 e. The molecule has 0 aliphatic rings. The average Bonchev–Trinajstić information content (AvgIpc) is 2.30. The molecule has 0 bridgehead atoms. The van der Waals surface area contributed by atoms with E-state index in [-0.39, 0.29) is 25.2 Å². The summed E-state index contributed by atoms with van der Waals surface area (Å²) in [5.74, 6) is 0.449. The predicted molar refractivity (Wildman–Crippen MR) is 66.1 cm³/mol. The fraction of sp³-hybridized carbons (Fsp3) is 0.462. The number of carbonyl (C=O) groups is 1. The van der Waals surface area contributed by atoms with Crippen LogP contribution in [0.5, 0.6) is 5.75 Å². The highest BCUT2D eigenvalue weighted by molar-refractivity contribution is 5.77. The summed E-state index contributed by atoms with van der Waals surface area (Å²) in [5, 5.41) is 11.4. The fourth-order valence-corrected chi connectivity index (χ4v) is 1.31. The lowest BCUT2D eigenvalue weighted by atomic mass is 10.1. The zero-order valence-corrected chi connectivity index (χ0v) is 10.5. The maximum Gasteiger partial charge on any atom is 0.258 e. The van der Waals surface area contributed by atoms with Gasteiger partial charge in [0, 0.05) is 6.04 Å². The molecule has 1 amide bonds. The lowest BCUT2D eigenvalue weighted by Crippen LogP contribution is -2.38. The molecule has 17 heavy (non-hydrogen) atoms. The third-order valence-corrected chi connectivity index (χ3v) is 2.53. The van der Waals surface area contributed by atoms with Gasteiger partial charge in [0.25, 0.3) is 5.91 Å². The molecule has 4 nitrogen and oxygen atoms in total. The zero-order valence-electron chi connectivity index (χ0n) is 10.5. The van der Waals surface area contributed by atoms with Crippen molar-refractivity contribution in [2.24, 2.45) is 0 Å². The Morgan fingerprint density at radius 3 is 2.71 bits per heavy atom. The third kappa shape index (κ3) is 4.44. The third-order valence-electron chi connectivity index (χ3n) is 2.53. The lowest BCUT2D eigenvalue weighted by Gasteiger charge is -2.12. The lowest BCUT2D eigenvalue weighted by molar-refractivity contribution is -0.123. The van der Waals surface area contributed by atoms with Gasteiger partial charge in [-0.05, 0) is 44.0 Å². The Balaban J connectivity index is 2.45. The molecule has 1 unspecified atom stereocenters. The van der Waals surface area contributed by atoms with Crippen molar-refractivity contribution in [2.45, 2.75) is 26.8 Å². The van der Waals surface area contributed by atoms with Crippen molar-refractivity contribution in [2.75, 3.05) is 13.2 Å². The summed E-state index contributed by atoms with van der Waals surface area (Å²) in [6.07, 6.45) is 0. The topological polar surface area (TPSA) is 58.6 Å². The van der Waals surface area contributed by atoms with E-state index in [2.05, 4.69) is 5.32 Å². The van der Waals surface area contributed by atoms with Crippen molar-refractivity contribution in [3.05, 3.63) is 29.3 Å². The highest BCUT2D eigenvalue weighted by atomic mass is 16.5. The number of nitrogens with one attached hydrogen (secondary N) is 1. The Hall–Kier alpha value is -1.55. The molecule has 0 aliphatic heterocycles. The molecule has 0 aliphatic carbocycles. The first-order valence-corrected chi connectivity index (χ1v) is 5.63. The summed E-state index contributed by atoms with van der Waals surface area (Å²) in [7, 11) is 0. The number of hydrogen-bond donors (Lipinski definition) is 2. The number of aliphatic hydroxyl groups is 1. The van der Waals surface area contributed by atoms with Crippen molar-refractivity contribution in [3.63, 3.8) is 0 Å². The molecule has 1 aromatic carbocycles. The van der Waals surface area contributed by atoms with E-state index in [1.165, 1.54) is 5.56 Å². The van der Waals surface area contributed by atoms with Gasteiger partial charge in [-0.2, -0.15) is 0 Å². The monoisotopic (exact) mass is 237 g/mol. The van der Waals surface area contributed by atoms with Gasteiger partial charge in [-0.25, -0.2) is 0 Å². The van der Waals surface area contributed by atoms with E-state index in [4.69, 9.17) is 9.84 Å². The van der Waals surface area contributed by atoms with Gasteiger partial charge in [0.05, 0.1) is 6.61 Å². The minimum atomic E-state index is -0.245. The molecule has 0 saturated carbocycles. The van der Waals surface area contributed by atoms with Gasteiger partial charge in [0.2, 0.25) is 0 Å². The van der Waals surface area contributed by atoms with Crippen LogP contribution in [0.4, 0.5) is 0 Å². The van der Waals surface area contributed by atoms with Gasteiger partial charge < -0.3 is 15.2 Å². The molecule has 0 spiro atoms. The number of hydrogen-bond acceptors (Lipinski definition) is 3. The standard InChI is InChI=1S/C13H19NO3/c1-9-4-5-12(6-10(9)2)17-8-13(16)14-11(3)7-15/h4-6,11,15H,7-8H2,1-3H3,(H,14,16). The minimum absolute atomic E-state index is 0.0349. The SMILES string of the molecule is Cc1ccc(OCC(=O)NC(C)CO)cc1C. The Morgan fingerprint density at radius 1 is 1.41 bits per heavy atom. The van der Waals surface area contributed by atoms with Crippen LogP contribution in [0, 0.1) is 13.8 Å². The summed E-state index contributed by atoms with van der Waals surface area (Å²) in [5.41, 5.74) is 2.32. The van der Waals surface area contributed by atoms with Crippen LogP contribution < -0.4 is 10.1 Å². The van der Waals surface area contributed by atoms with Gasteiger partial charge >= 0.3 is 0 Å². The highest BCUT2D eigenvalue weighted by Gasteiger charge is 2.07. The van der Waals surface area contributed by atoms with Crippen LogP contribution >= 0.6 is 0 Å². The molecule has 2 N–H and O–H groups in total. The van der Waals surface area contributed by atoms with Crippen LogP contribution in [0.3, 0.4) is 0 Å². The number of benzene rings is 1. The number of aryl methyl sites for hydroxylation is 2. The maximum absolute atomic E-state index is 11.4. The van der Waals surface area contributed by atoms with Gasteiger partial charge in [0.1, 0.15) is 5.75 Å². The molecule has 0 aromatic heterocycles. The summed E-state index contributed by atoms with van der Waals surface area (Å²) in [6.45, 7) is 5.64. The number of aliphatic hydroxyl groups excluding tert-OH is 1. The van der Waals surface area contributed by atoms with E-state index in [1.54, 1.807) is 6.92 Å². The Bertz CT molecular complexity index is 390. The van der Waals surface area contributed by atoms with E-state index in [0.29, 0.717) is 5.75 Å². The van der Waals surface area contributed by atoms with Crippen LogP contribution in [0.1, 0.15) is 18.1 Å². The van der Waals surface area contributed by atoms with Crippen LogP contribution in [0.15, 0.2) is 18.2 Å². The molecule has 0 saturated heterocycles. The second-order valence-corrected chi connectivity index (χ2v) is 4.19. The van der Waals surface area contributed by atoms with Crippen molar-refractivity contribution in [3.8, 4) is 5.75 Å². The second-order valence-electron chi connectivity index (χ2n) is 4.19. The van der Waals surface area contributed by atoms with E-state index in [0.717, 1.165) is 5.56 Å². The first-order valence-electron chi connectivity index (χ1n) is 5.63. The van der Waals surface area contributed by atoms with Crippen LogP contribution in [-0.2, 0) is 4.79 Å². The van der Waals surface area contributed by atoms with Crippen molar-refractivity contribution in [1.82, 2.24) is 5.32 Å². The second kappa shape index (κ2) is 6.25.